The van der Waals surface area contributed by atoms with Gasteiger partial charge in [-0.15, -0.1) is 0 Å². The Balaban J connectivity index is 2.09. The molecular formula is C12H10Cl2N4O3S. The van der Waals surface area contributed by atoms with Crippen LogP contribution in [0.5, 0.6) is 0 Å². The van der Waals surface area contributed by atoms with Gasteiger partial charge in [0.05, 0.1) is 5.25 Å². The van der Waals surface area contributed by atoms with Crippen LogP contribution >= 0.6 is 35.0 Å². The van der Waals surface area contributed by atoms with Crippen LogP contribution in [0.25, 0.3) is 0 Å². The lowest BCUT2D eigenvalue weighted by atomic mass is 10.3. The van der Waals surface area contributed by atoms with Crippen LogP contribution in [0.4, 0.5) is 5.69 Å². The molecule has 0 radical (unpaired) electrons. The number of benzene rings is 1. The van der Waals surface area contributed by atoms with Crippen molar-refractivity contribution in [2.24, 2.45) is 0 Å². The Morgan fingerprint density at radius 2 is 1.91 bits per heavy atom. The standard InChI is InChI=1S/C12H10Cl2N4O3S/c1-5(22-11-10(20)16-12(21)18-17-11)9(19)15-8-3-6(13)2-7(14)4-8/h2-5H,1H3,(H,15,19)(H2,16,18,20,21). The van der Waals surface area contributed by atoms with E-state index in [4.69, 9.17) is 23.2 Å². The van der Waals surface area contributed by atoms with Crippen LogP contribution in [-0.4, -0.2) is 26.3 Å². The second-order valence-corrected chi connectivity index (χ2v) is 6.42. The fraction of sp³-hybridized carbons (Fsp3) is 0.167. The monoisotopic (exact) mass is 360 g/mol. The van der Waals surface area contributed by atoms with Crippen molar-refractivity contribution in [3.8, 4) is 0 Å². The molecular weight excluding hydrogens is 351 g/mol. The van der Waals surface area contributed by atoms with Gasteiger partial charge in [-0.05, 0) is 25.1 Å². The van der Waals surface area contributed by atoms with Gasteiger partial charge >= 0.3 is 5.69 Å². The average molecular weight is 361 g/mol. The predicted octanol–water partition coefficient (Wildman–Crippen LogP) is 1.88. The Morgan fingerprint density at radius 1 is 1.27 bits per heavy atom. The summed E-state index contributed by atoms with van der Waals surface area (Å²) in [5, 5.41) is 8.48. The number of nitrogens with zero attached hydrogens (tertiary/aromatic N) is 1. The summed E-state index contributed by atoms with van der Waals surface area (Å²) >= 11 is 12.6. The second-order valence-electron chi connectivity index (χ2n) is 4.22. The number of rotatable bonds is 4. The van der Waals surface area contributed by atoms with Gasteiger partial charge in [-0.3, -0.25) is 14.6 Å². The number of nitrogens with one attached hydrogen (secondary N) is 3. The summed E-state index contributed by atoms with van der Waals surface area (Å²) in [5.74, 6) is -0.365. The molecule has 0 saturated heterocycles. The zero-order chi connectivity index (χ0) is 16.3. The maximum Gasteiger partial charge on any atom is 0.342 e. The van der Waals surface area contributed by atoms with Crippen molar-refractivity contribution in [2.75, 3.05) is 5.32 Å². The van der Waals surface area contributed by atoms with Gasteiger partial charge in [-0.25, -0.2) is 9.89 Å². The molecule has 2 rings (SSSR count). The van der Waals surface area contributed by atoms with E-state index in [-0.39, 0.29) is 10.9 Å². The van der Waals surface area contributed by atoms with E-state index in [2.05, 4.69) is 15.5 Å². The normalized spacial score (nSPS) is 12.0. The molecule has 1 unspecified atom stereocenters. The number of thioether (sulfide) groups is 1. The third kappa shape index (κ3) is 4.36. The highest BCUT2D eigenvalue weighted by Gasteiger charge is 2.18. The van der Waals surface area contributed by atoms with Crippen molar-refractivity contribution in [3.63, 3.8) is 0 Å². The summed E-state index contributed by atoms with van der Waals surface area (Å²) in [7, 11) is 0. The van der Waals surface area contributed by atoms with Crippen LogP contribution in [0.1, 0.15) is 6.92 Å². The van der Waals surface area contributed by atoms with Gasteiger partial charge in [0.2, 0.25) is 5.91 Å². The van der Waals surface area contributed by atoms with Gasteiger partial charge in [-0.2, -0.15) is 5.10 Å². The molecule has 0 saturated carbocycles. The van der Waals surface area contributed by atoms with Crippen LogP contribution in [0.15, 0.2) is 32.8 Å². The highest BCUT2D eigenvalue weighted by atomic mass is 35.5. The lowest BCUT2D eigenvalue weighted by molar-refractivity contribution is -0.115. The minimum Gasteiger partial charge on any atom is -0.325 e. The van der Waals surface area contributed by atoms with Gasteiger partial charge in [0, 0.05) is 15.7 Å². The van der Waals surface area contributed by atoms with Gasteiger partial charge in [0.25, 0.3) is 5.56 Å². The topological polar surface area (TPSA) is 108 Å². The number of aromatic nitrogens is 3. The van der Waals surface area contributed by atoms with Crippen molar-refractivity contribution < 1.29 is 4.79 Å². The molecule has 0 aliphatic rings. The fourth-order valence-corrected chi connectivity index (χ4v) is 2.79. The summed E-state index contributed by atoms with van der Waals surface area (Å²) in [6.07, 6.45) is 0. The molecule has 116 valence electrons. The number of aromatic amines is 2. The summed E-state index contributed by atoms with van der Waals surface area (Å²) in [6, 6.07) is 4.64. The zero-order valence-electron chi connectivity index (χ0n) is 11.1. The number of H-pyrrole nitrogens is 2. The lowest BCUT2D eigenvalue weighted by Gasteiger charge is -2.11. The van der Waals surface area contributed by atoms with Gasteiger partial charge < -0.3 is 5.32 Å². The quantitative estimate of drug-likeness (QED) is 0.721. The molecule has 7 nitrogen and oxygen atoms in total. The average Bonchev–Trinajstić information content (AvgIpc) is 2.40. The molecule has 2 aromatic rings. The van der Waals surface area contributed by atoms with E-state index in [9.17, 15) is 14.4 Å². The highest BCUT2D eigenvalue weighted by Crippen LogP contribution is 2.24. The van der Waals surface area contributed by atoms with E-state index in [1.54, 1.807) is 25.1 Å². The summed E-state index contributed by atoms with van der Waals surface area (Å²) < 4.78 is 0. The maximum atomic E-state index is 12.1. The van der Waals surface area contributed by atoms with Crippen LogP contribution in [0.2, 0.25) is 10.0 Å². The predicted molar refractivity (Wildman–Crippen MR) is 85.9 cm³/mol. The number of carbonyl (C=O) groups is 1. The van der Waals surface area contributed by atoms with Gasteiger partial charge in [0.1, 0.15) is 0 Å². The fourth-order valence-electron chi connectivity index (χ4n) is 1.51. The van der Waals surface area contributed by atoms with E-state index in [1.165, 1.54) is 0 Å². The van der Waals surface area contributed by atoms with E-state index < -0.39 is 16.5 Å². The zero-order valence-corrected chi connectivity index (χ0v) is 13.5. The number of anilines is 1. The number of amides is 1. The van der Waals surface area contributed by atoms with Gasteiger partial charge in [-0.1, -0.05) is 35.0 Å². The van der Waals surface area contributed by atoms with Crippen molar-refractivity contribution in [3.05, 3.63) is 49.1 Å². The molecule has 22 heavy (non-hydrogen) atoms. The van der Waals surface area contributed by atoms with Crippen molar-refractivity contribution >= 4 is 46.6 Å². The molecule has 1 heterocycles. The van der Waals surface area contributed by atoms with E-state index in [1.807, 2.05) is 4.98 Å². The molecule has 3 N–H and O–H groups in total. The Kier molecular flexibility index (Phi) is 5.28. The SMILES string of the molecule is CC(Sc1n[nH]c(=O)[nH]c1=O)C(=O)Nc1cc(Cl)cc(Cl)c1. The van der Waals surface area contributed by atoms with Crippen molar-refractivity contribution in [1.29, 1.82) is 0 Å². The number of hydrogen-bond donors (Lipinski definition) is 3. The molecule has 0 aliphatic carbocycles. The third-order valence-electron chi connectivity index (χ3n) is 2.47. The van der Waals surface area contributed by atoms with Crippen molar-refractivity contribution in [1.82, 2.24) is 15.2 Å². The first kappa shape index (κ1) is 16.6. The van der Waals surface area contributed by atoms with Crippen molar-refractivity contribution in [2.45, 2.75) is 17.2 Å². The van der Waals surface area contributed by atoms with Crippen LogP contribution in [0, 0.1) is 0 Å². The number of halogens is 2. The Bertz CT molecular complexity index is 800. The molecule has 0 spiro atoms. The van der Waals surface area contributed by atoms with E-state index in [0.29, 0.717) is 15.7 Å². The molecule has 0 aliphatic heterocycles. The third-order valence-corrected chi connectivity index (χ3v) is 3.97. The first-order chi connectivity index (χ1) is 10.3. The maximum absolute atomic E-state index is 12.1. The second kappa shape index (κ2) is 6.99. The van der Waals surface area contributed by atoms with Gasteiger partial charge in [0.15, 0.2) is 5.03 Å². The summed E-state index contributed by atoms with van der Waals surface area (Å²) in [6.45, 7) is 1.60. The highest BCUT2D eigenvalue weighted by molar-refractivity contribution is 8.00. The lowest BCUT2D eigenvalue weighted by Crippen LogP contribution is -2.28. The first-order valence-corrected chi connectivity index (χ1v) is 7.61. The largest absolute Gasteiger partial charge is 0.342 e. The minimum atomic E-state index is -0.708. The summed E-state index contributed by atoms with van der Waals surface area (Å²) in [5.41, 5.74) is -0.919. The number of hydrogen-bond acceptors (Lipinski definition) is 5. The molecule has 1 aromatic carbocycles. The van der Waals surface area contributed by atoms with E-state index >= 15 is 0 Å². The molecule has 1 amide bonds. The first-order valence-electron chi connectivity index (χ1n) is 5.98. The Labute approximate surface area is 138 Å². The molecule has 1 aromatic heterocycles. The molecule has 10 heteroatoms. The molecule has 0 bridgehead atoms. The van der Waals surface area contributed by atoms with Crippen LogP contribution in [0.3, 0.4) is 0 Å². The van der Waals surface area contributed by atoms with Crippen LogP contribution < -0.4 is 16.6 Å². The van der Waals surface area contributed by atoms with E-state index in [0.717, 1.165) is 11.8 Å². The Morgan fingerprint density at radius 3 is 2.50 bits per heavy atom. The minimum absolute atomic E-state index is 0.00798. The van der Waals surface area contributed by atoms with Crippen LogP contribution in [-0.2, 0) is 4.79 Å². The molecule has 0 fully saturated rings. The molecule has 1 atom stereocenters. The summed E-state index contributed by atoms with van der Waals surface area (Å²) in [4.78, 5) is 36.5. The number of carbonyl (C=O) groups excluding carboxylic acids is 1. The smallest absolute Gasteiger partial charge is 0.325 e. The Hall–Kier alpha value is -1.77.